The third kappa shape index (κ3) is 2.53. The molecule has 0 atom stereocenters. The molecule has 16 heavy (non-hydrogen) atoms. The van der Waals surface area contributed by atoms with Crippen molar-refractivity contribution in [1.29, 1.82) is 0 Å². The molecule has 86 valence electrons. The molecule has 0 bridgehead atoms. The molecule has 0 aliphatic rings. The Balaban J connectivity index is 0.00000128. The van der Waals surface area contributed by atoms with Crippen molar-refractivity contribution in [2.24, 2.45) is 0 Å². The Morgan fingerprint density at radius 1 is 1.31 bits per heavy atom. The highest BCUT2D eigenvalue weighted by molar-refractivity contribution is 6.31. The fourth-order valence-electron chi connectivity index (χ4n) is 1.20. The van der Waals surface area contributed by atoms with E-state index < -0.39 is 11.2 Å². The van der Waals surface area contributed by atoms with Gasteiger partial charge in [0.05, 0.1) is 5.69 Å². The van der Waals surface area contributed by atoms with Gasteiger partial charge in [0.1, 0.15) is 10.8 Å². The summed E-state index contributed by atoms with van der Waals surface area (Å²) in [5.41, 5.74) is -0.826. The van der Waals surface area contributed by atoms with Crippen LogP contribution < -0.4 is 11.2 Å². The summed E-state index contributed by atoms with van der Waals surface area (Å²) in [4.78, 5) is 33.4. The van der Waals surface area contributed by atoms with Gasteiger partial charge in [0.25, 0.3) is 5.56 Å². The van der Waals surface area contributed by atoms with Crippen molar-refractivity contribution < 1.29 is 0 Å². The first kappa shape index (κ1) is 12.5. The van der Waals surface area contributed by atoms with Gasteiger partial charge in [0, 0.05) is 18.8 Å². The zero-order valence-corrected chi connectivity index (χ0v) is 9.48. The third-order valence-corrected chi connectivity index (χ3v) is 2.25. The molecule has 2 aromatic rings. The second kappa shape index (κ2) is 5.00. The van der Waals surface area contributed by atoms with Gasteiger partial charge >= 0.3 is 5.69 Å². The molecule has 3 N–H and O–H groups in total. The Hall–Kier alpha value is -1.53. The van der Waals surface area contributed by atoms with Gasteiger partial charge in [-0.1, -0.05) is 11.6 Å². The molecule has 0 aliphatic heterocycles. The van der Waals surface area contributed by atoms with Crippen molar-refractivity contribution in [1.82, 2.24) is 19.9 Å². The summed E-state index contributed by atoms with van der Waals surface area (Å²) in [6.45, 7) is 0. The quantitative estimate of drug-likeness (QED) is 0.734. The lowest BCUT2D eigenvalue weighted by atomic mass is 10.3. The van der Waals surface area contributed by atoms with E-state index in [1.54, 1.807) is 12.4 Å². The molecular weight excluding hydrogens is 255 g/mol. The van der Waals surface area contributed by atoms with Crippen molar-refractivity contribution in [2.75, 3.05) is 0 Å². The van der Waals surface area contributed by atoms with Crippen molar-refractivity contribution >= 4 is 24.0 Å². The van der Waals surface area contributed by atoms with Crippen LogP contribution in [0, 0.1) is 0 Å². The van der Waals surface area contributed by atoms with Gasteiger partial charge in [-0.2, -0.15) is 0 Å². The minimum atomic E-state index is -0.595. The largest absolute Gasteiger partial charge is 0.348 e. The fourth-order valence-corrected chi connectivity index (χ4v) is 1.36. The van der Waals surface area contributed by atoms with Crippen molar-refractivity contribution in [3.63, 3.8) is 0 Å². The lowest BCUT2D eigenvalue weighted by molar-refractivity contribution is 0.917. The van der Waals surface area contributed by atoms with Crippen LogP contribution in [0.2, 0.25) is 5.02 Å². The fraction of sp³-hybridized carbons (Fsp3) is 0.125. The maximum absolute atomic E-state index is 11.2. The van der Waals surface area contributed by atoms with Crippen LogP contribution in [-0.4, -0.2) is 19.9 Å². The minimum Gasteiger partial charge on any atom is -0.348 e. The van der Waals surface area contributed by atoms with Gasteiger partial charge < -0.3 is 9.97 Å². The molecule has 0 saturated heterocycles. The van der Waals surface area contributed by atoms with Crippen molar-refractivity contribution in [3.05, 3.63) is 49.8 Å². The predicted octanol–water partition coefficient (Wildman–Crippen LogP) is 0.452. The second-order valence-corrected chi connectivity index (χ2v) is 3.29. The van der Waals surface area contributed by atoms with E-state index in [1.807, 2.05) is 4.98 Å². The summed E-state index contributed by atoms with van der Waals surface area (Å²) >= 11 is 5.73. The van der Waals surface area contributed by atoms with Crippen LogP contribution in [0.15, 0.2) is 22.0 Å². The number of aromatic nitrogens is 4. The second-order valence-electron chi connectivity index (χ2n) is 2.91. The standard InChI is InChI=1S/C8H7ClN4O2.ClH/c9-6-4(3-5-10-1-2-11-5)12-8(15)13-7(6)14;/h1-2H,3H2,(H,10,11)(H2,12,13,14,15);1H. The third-order valence-electron chi connectivity index (χ3n) is 1.85. The van der Waals surface area contributed by atoms with E-state index in [0.717, 1.165) is 0 Å². The SMILES string of the molecule is Cl.O=c1[nH]c(Cc2ncc[nH]2)c(Cl)c(=O)[nH]1. The Bertz CT molecular complexity index is 572. The van der Waals surface area contributed by atoms with Crippen LogP contribution in [0.25, 0.3) is 0 Å². The van der Waals surface area contributed by atoms with E-state index in [1.165, 1.54) is 0 Å². The molecule has 0 radical (unpaired) electrons. The molecule has 0 fully saturated rings. The molecule has 0 aromatic carbocycles. The van der Waals surface area contributed by atoms with Crippen molar-refractivity contribution in [2.45, 2.75) is 6.42 Å². The van der Waals surface area contributed by atoms with E-state index in [0.29, 0.717) is 11.5 Å². The number of rotatable bonds is 2. The molecule has 8 heteroatoms. The van der Waals surface area contributed by atoms with E-state index in [-0.39, 0.29) is 23.9 Å². The van der Waals surface area contributed by atoms with Crippen molar-refractivity contribution in [3.8, 4) is 0 Å². The number of imidazole rings is 1. The summed E-state index contributed by atoms with van der Waals surface area (Å²) in [5, 5.41) is -0.0222. The van der Waals surface area contributed by atoms with Gasteiger partial charge in [-0.05, 0) is 0 Å². The van der Waals surface area contributed by atoms with Gasteiger partial charge in [-0.25, -0.2) is 9.78 Å². The Kier molecular flexibility index (Phi) is 3.92. The highest BCUT2D eigenvalue weighted by Gasteiger charge is 2.08. The molecule has 2 heterocycles. The molecule has 0 unspecified atom stereocenters. The lowest BCUT2D eigenvalue weighted by Crippen LogP contribution is -2.24. The maximum atomic E-state index is 11.2. The molecule has 0 saturated carbocycles. The van der Waals surface area contributed by atoms with Crippen LogP contribution in [0.3, 0.4) is 0 Å². The summed E-state index contributed by atoms with van der Waals surface area (Å²) in [7, 11) is 0. The topological polar surface area (TPSA) is 94.4 Å². The number of hydrogen-bond donors (Lipinski definition) is 3. The van der Waals surface area contributed by atoms with Gasteiger partial charge in [-0.15, -0.1) is 12.4 Å². The Morgan fingerprint density at radius 2 is 2.06 bits per heavy atom. The zero-order valence-electron chi connectivity index (χ0n) is 7.91. The number of halogens is 2. The lowest BCUT2D eigenvalue weighted by Gasteiger charge is -1.99. The zero-order chi connectivity index (χ0) is 10.8. The first-order valence-corrected chi connectivity index (χ1v) is 4.54. The number of aromatic amines is 3. The van der Waals surface area contributed by atoms with Crippen LogP contribution in [0.4, 0.5) is 0 Å². The van der Waals surface area contributed by atoms with E-state index >= 15 is 0 Å². The summed E-state index contributed by atoms with van der Waals surface area (Å²) in [5.74, 6) is 0.623. The average Bonchev–Trinajstić information content (AvgIpc) is 2.66. The minimum absolute atomic E-state index is 0. The highest BCUT2D eigenvalue weighted by Crippen LogP contribution is 2.08. The molecule has 2 aromatic heterocycles. The number of nitrogens with one attached hydrogen (secondary N) is 3. The highest BCUT2D eigenvalue weighted by atomic mass is 35.5. The Morgan fingerprint density at radius 3 is 2.69 bits per heavy atom. The Labute approximate surface area is 101 Å². The average molecular weight is 263 g/mol. The number of nitrogens with zero attached hydrogens (tertiary/aromatic N) is 1. The predicted molar refractivity (Wildman–Crippen MR) is 61.3 cm³/mol. The first-order valence-electron chi connectivity index (χ1n) is 4.16. The van der Waals surface area contributed by atoms with E-state index in [9.17, 15) is 9.59 Å². The molecule has 0 aliphatic carbocycles. The van der Waals surface area contributed by atoms with Crippen LogP contribution in [-0.2, 0) is 6.42 Å². The molecule has 6 nitrogen and oxygen atoms in total. The maximum Gasteiger partial charge on any atom is 0.325 e. The molecular formula is C8H8Cl2N4O2. The molecule has 2 rings (SSSR count). The first-order chi connectivity index (χ1) is 7.16. The summed E-state index contributed by atoms with van der Waals surface area (Å²) < 4.78 is 0. The normalized spacial score (nSPS) is 9.81. The summed E-state index contributed by atoms with van der Waals surface area (Å²) in [6, 6.07) is 0. The molecule has 0 amide bonds. The van der Waals surface area contributed by atoms with Gasteiger partial charge in [0.15, 0.2) is 0 Å². The van der Waals surface area contributed by atoms with E-state index in [4.69, 9.17) is 11.6 Å². The summed E-state index contributed by atoms with van der Waals surface area (Å²) in [6.07, 6.45) is 3.51. The number of H-pyrrole nitrogens is 3. The van der Waals surface area contributed by atoms with Gasteiger partial charge in [0.2, 0.25) is 0 Å². The van der Waals surface area contributed by atoms with Crippen LogP contribution in [0.1, 0.15) is 11.5 Å². The number of hydrogen-bond acceptors (Lipinski definition) is 3. The molecule has 0 spiro atoms. The van der Waals surface area contributed by atoms with Crippen LogP contribution in [0.5, 0.6) is 0 Å². The van der Waals surface area contributed by atoms with Gasteiger partial charge in [-0.3, -0.25) is 9.78 Å². The van der Waals surface area contributed by atoms with E-state index in [2.05, 4.69) is 15.0 Å². The smallest absolute Gasteiger partial charge is 0.325 e. The van der Waals surface area contributed by atoms with Crippen LogP contribution >= 0.6 is 24.0 Å². The monoisotopic (exact) mass is 262 g/mol.